The molecule has 0 unspecified atom stereocenters. The molecule has 0 saturated carbocycles. The molecule has 0 aliphatic carbocycles. The molecule has 4 heteroatoms. The van der Waals surface area contributed by atoms with Gasteiger partial charge in [-0.15, -0.1) is 0 Å². The summed E-state index contributed by atoms with van der Waals surface area (Å²) >= 11 is 0. The molecule has 1 aromatic heterocycles. The van der Waals surface area contributed by atoms with Gasteiger partial charge in [0.2, 0.25) is 5.89 Å². The predicted molar refractivity (Wildman–Crippen MR) is 118 cm³/mol. The molecular formula is C26H21NO3. The highest BCUT2D eigenvalue weighted by atomic mass is 16.5. The van der Waals surface area contributed by atoms with Crippen LogP contribution in [-0.4, -0.2) is 16.2 Å². The highest BCUT2D eigenvalue weighted by Crippen LogP contribution is 2.36. The Morgan fingerprint density at radius 3 is 2.53 bits per heavy atom. The van der Waals surface area contributed by atoms with Gasteiger partial charge < -0.3 is 14.3 Å². The van der Waals surface area contributed by atoms with Crippen molar-refractivity contribution in [1.82, 2.24) is 4.98 Å². The van der Waals surface area contributed by atoms with Gasteiger partial charge in [-0.3, -0.25) is 0 Å². The zero-order valence-corrected chi connectivity index (χ0v) is 16.5. The quantitative estimate of drug-likeness (QED) is 0.474. The first-order valence-electron chi connectivity index (χ1n) is 9.97. The zero-order chi connectivity index (χ0) is 20.5. The molecule has 0 amide bonds. The molecule has 2 atom stereocenters. The number of aromatic nitrogens is 1. The van der Waals surface area contributed by atoms with E-state index in [2.05, 4.69) is 11.1 Å². The van der Waals surface area contributed by atoms with Crippen molar-refractivity contribution < 1.29 is 14.3 Å². The minimum absolute atomic E-state index is 0.165. The van der Waals surface area contributed by atoms with E-state index in [4.69, 9.17) is 9.15 Å². The molecule has 1 aliphatic heterocycles. The summed E-state index contributed by atoms with van der Waals surface area (Å²) in [6, 6.07) is 25.1. The van der Waals surface area contributed by atoms with Gasteiger partial charge in [-0.1, -0.05) is 60.7 Å². The van der Waals surface area contributed by atoms with E-state index in [1.54, 1.807) is 0 Å². The number of rotatable bonds is 4. The Hall–Kier alpha value is -3.63. The molecule has 2 heterocycles. The Labute approximate surface area is 174 Å². The molecule has 1 aliphatic rings. The van der Waals surface area contributed by atoms with Crippen LogP contribution in [0.5, 0.6) is 5.75 Å². The number of fused-ring (bicyclic) bond motifs is 2. The maximum Gasteiger partial charge on any atom is 0.226 e. The summed E-state index contributed by atoms with van der Waals surface area (Å²) in [7, 11) is 0. The number of para-hydroxylation sites is 3. The molecule has 4 nitrogen and oxygen atoms in total. The monoisotopic (exact) mass is 395 g/mol. The molecule has 0 fully saturated rings. The van der Waals surface area contributed by atoms with Gasteiger partial charge in [0.15, 0.2) is 5.58 Å². The fraction of sp³-hybridized carbons (Fsp3) is 0.115. The molecule has 5 rings (SSSR count). The van der Waals surface area contributed by atoms with Crippen molar-refractivity contribution in [2.24, 2.45) is 0 Å². The molecule has 3 aromatic carbocycles. The third kappa shape index (κ3) is 3.42. The molecule has 0 saturated heterocycles. The standard InChI is InChI=1S/C26H21NO3/c1-17-20(15-19-11-5-7-13-23(19)29-17)16-21(25(28)18-9-3-2-4-10-18)26-27-22-12-6-8-14-24(22)30-26/h2-17,25,28H,1H3/b21-16+/t17-,25+/m0/s1. The van der Waals surface area contributed by atoms with Crippen molar-refractivity contribution >= 4 is 22.7 Å². The van der Waals surface area contributed by atoms with Crippen molar-refractivity contribution in [3.05, 3.63) is 108 Å². The molecule has 148 valence electrons. The van der Waals surface area contributed by atoms with E-state index in [0.717, 1.165) is 28.0 Å². The van der Waals surface area contributed by atoms with E-state index < -0.39 is 6.10 Å². The van der Waals surface area contributed by atoms with E-state index in [9.17, 15) is 5.11 Å². The number of hydrogen-bond acceptors (Lipinski definition) is 4. The Morgan fingerprint density at radius 1 is 0.967 bits per heavy atom. The van der Waals surface area contributed by atoms with Crippen molar-refractivity contribution in [3.8, 4) is 5.75 Å². The van der Waals surface area contributed by atoms with Crippen LogP contribution >= 0.6 is 0 Å². The Morgan fingerprint density at radius 2 is 1.70 bits per heavy atom. The summed E-state index contributed by atoms with van der Waals surface area (Å²) in [5, 5.41) is 11.2. The van der Waals surface area contributed by atoms with Gasteiger partial charge in [0.05, 0.1) is 0 Å². The van der Waals surface area contributed by atoms with Crippen LogP contribution in [0.15, 0.2) is 94.9 Å². The van der Waals surface area contributed by atoms with Gasteiger partial charge in [-0.05, 0) is 48.4 Å². The number of aliphatic hydroxyl groups excluding tert-OH is 1. The van der Waals surface area contributed by atoms with Gasteiger partial charge in [0.1, 0.15) is 23.5 Å². The molecule has 4 aromatic rings. The number of aliphatic hydroxyl groups is 1. The SMILES string of the molecule is C[C@@H]1Oc2ccccc2C=C1/C=C(/c1nc2ccccc2o1)[C@H](O)c1ccccc1. The molecular weight excluding hydrogens is 374 g/mol. The van der Waals surface area contributed by atoms with E-state index in [0.29, 0.717) is 17.0 Å². The number of ether oxygens (including phenoxy) is 1. The van der Waals surface area contributed by atoms with Crippen LogP contribution in [0, 0.1) is 0 Å². The Bertz CT molecular complexity index is 1220. The average Bonchev–Trinajstić information content (AvgIpc) is 3.21. The van der Waals surface area contributed by atoms with Crippen molar-refractivity contribution in [2.45, 2.75) is 19.1 Å². The predicted octanol–water partition coefficient (Wildman–Crippen LogP) is 5.81. The topological polar surface area (TPSA) is 55.5 Å². The van der Waals surface area contributed by atoms with Crippen LogP contribution in [-0.2, 0) is 0 Å². The molecule has 30 heavy (non-hydrogen) atoms. The van der Waals surface area contributed by atoms with E-state index in [1.165, 1.54) is 0 Å². The van der Waals surface area contributed by atoms with E-state index in [-0.39, 0.29) is 6.10 Å². The lowest BCUT2D eigenvalue weighted by molar-refractivity contribution is 0.234. The highest BCUT2D eigenvalue weighted by Gasteiger charge is 2.24. The largest absolute Gasteiger partial charge is 0.485 e. The second kappa shape index (κ2) is 7.65. The van der Waals surface area contributed by atoms with Crippen molar-refractivity contribution in [2.75, 3.05) is 0 Å². The molecule has 0 radical (unpaired) electrons. The van der Waals surface area contributed by atoms with Crippen LogP contribution in [0.2, 0.25) is 0 Å². The first-order chi connectivity index (χ1) is 14.7. The lowest BCUT2D eigenvalue weighted by Crippen LogP contribution is -2.18. The van der Waals surface area contributed by atoms with Gasteiger partial charge in [-0.25, -0.2) is 4.98 Å². The summed E-state index contributed by atoms with van der Waals surface area (Å²) in [5.74, 6) is 1.26. The molecule has 1 N–H and O–H groups in total. The lowest BCUT2D eigenvalue weighted by atomic mass is 9.95. The highest BCUT2D eigenvalue weighted by molar-refractivity contribution is 5.79. The fourth-order valence-corrected chi connectivity index (χ4v) is 3.67. The summed E-state index contributed by atoms with van der Waals surface area (Å²) in [5.41, 5.74) is 4.76. The molecule has 0 bridgehead atoms. The maximum atomic E-state index is 11.2. The average molecular weight is 395 g/mol. The summed E-state index contributed by atoms with van der Waals surface area (Å²) in [4.78, 5) is 4.63. The maximum absolute atomic E-state index is 11.2. The zero-order valence-electron chi connectivity index (χ0n) is 16.5. The first-order valence-corrected chi connectivity index (χ1v) is 9.97. The minimum Gasteiger partial charge on any atom is -0.485 e. The number of nitrogens with zero attached hydrogens (tertiary/aromatic N) is 1. The van der Waals surface area contributed by atoms with Crippen LogP contribution in [0.4, 0.5) is 0 Å². The third-order valence-electron chi connectivity index (χ3n) is 5.29. The first kappa shape index (κ1) is 18.4. The van der Waals surface area contributed by atoms with Gasteiger partial charge >= 0.3 is 0 Å². The molecule has 0 spiro atoms. The fourth-order valence-electron chi connectivity index (χ4n) is 3.67. The van der Waals surface area contributed by atoms with Crippen LogP contribution in [0.1, 0.15) is 30.0 Å². The van der Waals surface area contributed by atoms with Gasteiger partial charge in [-0.2, -0.15) is 0 Å². The number of benzene rings is 3. The summed E-state index contributed by atoms with van der Waals surface area (Å²) in [6.45, 7) is 2.00. The van der Waals surface area contributed by atoms with Crippen LogP contribution < -0.4 is 4.74 Å². The van der Waals surface area contributed by atoms with Gasteiger partial charge in [0, 0.05) is 11.1 Å². The minimum atomic E-state index is -0.885. The Kier molecular flexibility index (Phi) is 4.69. The normalized spacial score (nSPS) is 17.2. The van der Waals surface area contributed by atoms with Crippen molar-refractivity contribution in [1.29, 1.82) is 0 Å². The number of oxazole rings is 1. The summed E-state index contributed by atoms with van der Waals surface area (Å²) in [6.07, 6.45) is 2.97. The van der Waals surface area contributed by atoms with Gasteiger partial charge in [0.25, 0.3) is 0 Å². The second-order valence-electron chi connectivity index (χ2n) is 7.34. The smallest absolute Gasteiger partial charge is 0.226 e. The summed E-state index contributed by atoms with van der Waals surface area (Å²) < 4.78 is 12.1. The Balaban J connectivity index is 1.65. The van der Waals surface area contributed by atoms with Crippen LogP contribution in [0.3, 0.4) is 0 Å². The number of hydrogen-bond donors (Lipinski definition) is 1. The van der Waals surface area contributed by atoms with Crippen molar-refractivity contribution in [3.63, 3.8) is 0 Å². The third-order valence-corrected chi connectivity index (χ3v) is 5.29. The lowest BCUT2D eigenvalue weighted by Gasteiger charge is -2.24. The second-order valence-corrected chi connectivity index (χ2v) is 7.34. The van der Waals surface area contributed by atoms with Crippen LogP contribution in [0.25, 0.3) is 22.7 Å². The van der Waals surface area contributed by atoms with E-state index in [1.807, 2.05) is 91.9 Å². The van der Waals surface area contributed by atoms with E-state index >= 15 is 0 Å².